The highest BCUT2D eigenvalue weighted by molar-refractivity contribution is 6.34. The summed E-state index contributed by atoms with van der Waals surface area (Å²) in [6.07, 6.45) is 0. The van der Waals surface area contributed by atoms with Gasteiger partial charge >= 0.3 is 0 Å². The third-order valence-corrected chi connectivity index (χ3v) is 2.30. The fourth-order valence-corrected chi connectivity index (χ4v) is 1.55. The second kappa shape index (κ2) is 4.92. The topological polar surface area (TPSA) is 89.3 Å². The average molecular weight is 257 g/mol. The van der Waals surface area contributed by atoms with E-state index in [1.54, 1.807) is 0 Å². The maximum atomic E-state index is 11.2. The van der Waals surface area contributed by atoms with Crippen LogP contribution in [0.1, 0.15) is 34.6 Å². The molecule has 1 aromatic rings. The van der Waals surface area contributed by atoms with Gasteiger partial charge in [0.05, 0.1) is 16.1 Å². The van der Waals surface area contributed by atoms with Crippen molar-refractivity contribution in [2.45, 2.75) is 13.8 Å². The van der Waals surface area contributed by atoms with Crippen LogP contribution < -0.4 is 5.32 Å². The minimum atomic E-state index is -0.710. The van der Waals surface area contributed by atoms with Crippen LogP contribution in [0.5, 0.6) is 0 Å². The molecule has 0 aromatic heterocycles. The number of nitrogens with one attached hydrogen (secondary N) is 1. The number of benzene rings is 1. The minimum Gasteiger partial charge on any atom is -0.288 e. The lowest BCUT2D eigenvalue weighted by Crippen LogP contribution is -2.19. The van der Waals surface area contributed by atoms with Gasteiger partial charge in [0.15, 0.2) is 0 Å². The predicted octanol–water partition coefficient (Wildman–Crippen LogP) is 2.16. The molecule has 0 bridgehead atoms. The van der Waals surface area contributed by atoms with Crippen LogP contribution >= 0.6 is 11.6 Å². The summed E-state index contributed by atoms with van der Waals surface area (Å²) in [7, 11) is 0. The van der Waals surface area contributed by atoms with Crippen LogP contribution in [0.15, 0.2) is 12.1 Å². The van der Waals surface area contributed by atoms with E-state index >= 15 is 0 Å². The van der Waals surface area contributed by atoms with Gasteiger partial charge in [0.2, 0.25) is 0 Å². The highest BCUT2D eigenvalue weighted by atomic mass is 35.5. The van der Waals surface area contributed by atoms with Crippen molar-refractivity contribution in [1.29, 1.82) is 0 Å². The van der Waals surface area contributed by atoms with Gasteiger partial charge in [0, 0.05) is 6.07 Å². The van der Waals surface area contributed by atoms with Crippen LogP contribution in [-0.2, 0) is 0 Å². The van der Waals surface area contributed by atoms with Gasteiger partial charge in [-0.1, -0.05) is 25.4 Å². The lowest BCUT2D eigenvalue weighted by Gasteiger charge is -1.97. The molecule has 0 fully saturated rings. The van der Waals surface area contributed by atoms with E-state index < -0.39 is 16.7 Å². The van der Waals surface area contributed by atoms with E-state index in [4.69, 9.17) is 11.6 Å². The van der Waals surface area contributed by atoms with E-state index in [0.29, 0.717) is 0 Å². The van der Waals surface area contributed by atoms with Crippen LogP contribution in [-0.4, -0.2) is 16.7 Å². The number of rotatable bonds is 1. The molecule has 2 amide bonds. The lowest BCUT2D eigenvalue weighted by molar-refractivity contribution is -0.384. The molecule has 1 aliphatic heterocycles. The van der Waals surface area contributed by atoms with Crippen molar-refractivity contribution in [1.82, 2.24) is 5.32 Å². The van der Waals surface area contributed by atoms with E-state index in [9.17, 15) is 19.7 Å². The molecule has 1 aromatic carbocycles. The lowest BCUT2D eigenvalue weighted by atomic mass is 10.1. The van der Waals surface area contributed by atoms with Gasteiger partial charge in [-0.25, -0.2) is 0 Å². The Hall–Kier alpha value is -1.95. The summed E-state index contributed by atoms with van der Waals surface area (Å²) in [6.45, 7) is 4.00. The molecule has 90 valence electrons. The molecule has 0 aliphatic carbocycles. The summed E-state index contributed by atoms with van der Waals surface area (Å²) in [5.74, 6) is -1.23. The summed E-state index contributed by atoms with van der Waals surface area (Å²) in [4.78, 5) is 32.1. The zero-order valence-corrected chi connectivity index (χ0v) is 9.87. The minimum absolute atomic E-state index is 0.0175. The standard InChI is InChI=1S/C8H3ClN2O4.C2H6/c9-5-1-3-4(2-6(5)11(14)15)8(13)10-7(3)12;1-2/h1-2H,(H,10,12,13);1-2H3. The van der Waals surface area contributed by atoms with E-state index in [-0.39, 0.29) is 21.8 Å². The van der Waals surface area contributed by atoms with Crippen LogP contribution in [0.25, 0.3) is 0 Å². The molecule has 17 heavy (non-hydrogen) atoms. The maximum Gasteiger partial charge on any atom is 0.288 e. The summed E-state index contributed by atoms with van der Waals surface area (Å²) in [5.41, 5.74) is -0.341. The molecule has 1 N–H and O–H groups in total. The van der Waals surface area contributed by atoms with E-state index in [1.165, 1.54) is 0 Å². The van der Waals surface area contributed by atoms with Crippen molar-refractivity contribution >= 4 is 29.1 Å². The Labute approximate surface area is 102 Å². The third-order valence-electron chi connectivity index (χ3n) is 2.00. The normalized spacial score (nSPS) is 12.4. The third kappa shape index (κ3) is 2.26. The van der Waals surface area contributed by atoms with Crippen molar-refractivity contribution in [2.75, 3.05) is 0 Å². The quantitative estimate of drug-likeness (QED) is 0.474. The molecule has 0 radical (unpaired) electrons. The first-order valence-electron chi connectivity index (χ1n) is 4.84. The summed E-state index contributed by atoms with van der Waals surface area (Å²) in [6, 6.07) is 2.12. The maximum absolute atomic E-state index is 11.2. The number of fused-ring (bicyclic) bond motifs is 1. The summed E-state index contributed by atoms with van der Waals surface area (Å²) in [5, 5.41) is 12.4. The largest absolute Gasteiger partial charge is 0.288 e. The fourth-order valence-electron chi connectivity index (χ4n) is 1.32. The molecular weight excluding hydrogens is 248 g/mol. The van der Waals surface area contributed by atoms with Crippen LogP contribution in [0.4, 0.5) is 5.69 Å². The van der Waals surface area contributed by atoms with E-state index in [1.807, 2.05) is 19.2 Å². The van der Waals surface area contributed by atoms with Gasteiger partial charge in [-0.15, -0.1) is 0 Å². The molecule has 7 heteroatoms. The molecule has 0 saturated carbocycles. The molecule has 0 unspecified atom stereocenters. The molecule has 1 heterocycles. The Morgan fingerprint density at radius 3 is 2.12 bits per heavy atom. The second-order valence-corrected chi connectivity index (χ2v) is 3.30. The molecular formula is C10H9ClN2O4. The Kier molecular flexibility index (Phi) is 3.80. The molecule has 0 spiro atoms. The number of hydrogen-bond acceptors (Lipinski definition) is 4. The molecule has 0 saturated heterocycles. The van der Waals surface area contributed by atoms with Crippen molar-refractivity contribution in [3.63, 3.8) is 0 Å². The number of carbonyl (C=O) groups excluding carboxylic acids is 2. The number of amides is 2. The SMILES string of the molecule is CC.O=C1NC(=O)c2cc([N+](=O)[O-])c(Cl)cc21. The summed E-state index contributed by atoms with van der Waals surface area (Å²) < 4.78 is 0. The van der Waals surface area contributed by atoms with Crippen molar-refractivity contribution < 1.29 is 14.5 Å². The van der Waals surface area contributed by atoms with Gasteiger partial charge in [0.25, 0.3) is 17.5 Å². The van der Waals surface area contributed by atoms with Crippen molar-refractivity contribution in [3.8, 4) is 0 Å². The predicted molar refractivity (Wildman–Crippen MR) is 61.3 cm³/mol. The van der Waals surface area contributed by atoms with Crippen molar-refractivity contribution in [2.24, 2.45) is 0 Å². The van der Waals surface area contributed by atoms with Crippen molar-refractivity contribution in [3.05, 3.63) is 38.4 Å². The Balaban J connectivity index is 0.000000686. The van der Waals surface area contributed by atoms with Crippen LogP contribution in [0.2, 0.25) is 5.02 Å². The number of nitrogens with zero attached hydrogens (tertiary/aromatic N) is 1. The Morgan fingerprint density at radius 2 is 1.65 bits per heavy atom. The monoisotopic (exact) mass is 256 g/mol. The average Bonchev–Trinajstić information content (AvgIpc) is 2.56. The van der Waals surface area contributed by atoms with Gasteiger partial charge in [-0.2, -0.15) is 0 Å². The zero-order valence-electron chi connectivity index (χ0n) is 9.11. The van der Waals surface area contributed by atoms with E-state index in [2.05, 4.69) is 0 Å². The first kappa shape index (κ1) is 13.1. The molecule has 2 rings (SSSR count). The summed E-state index contributed by atoms with van der Waals surface area (Å²) >= 11 is 5.58. The second-order valence-electron chi connectivity index (χ2n) is 2.89. The van der Waals surface area contributed by atoms with Crippen LogP contribution in [0.3, 0.4) is 0 Å². The molecule has 0 atom stereocenters. The van der Waals surface area contributed by atoms with E-state index in [0.717, 1.165) is 12.1 Å². The highest BCUT2D eigenvalue weighted by Crippen LogP contribution is 2.29. The number of nitro benzene ring substituents is 1. The first-order valence-corrected chi connectivity index (χ1v) is 5.22. The number of nitro groups is 1. The number of imide groups is 1. The smallest absolute Gasteiger partial charge is 0.288 e. The number of carbonyl (C=O) groups is 2. The van der Waals surface area contributed by atoms with Gasteiger partial charge in [-0.3, -0.25) is 25.0 Å². The zero-order chi connectivity index (χ0) is 13.2. The number of halogens is 1. The highest BCUT2D eigenvalue weighted by Gasteiger charge is 2.30. The van der Waals surface area contributed by atoms with Gasteiger partial charge in [-0.05, 0) is 6.07 Å². The number of hydrogen-bond donors (Lipinski definition) is 1. The first-order chi connectivity index (χ1) is 8.00. The molecule has 1 aliphatic rings. The molecule has 6 nitrogen and oxygen atoms in total. The Morgan fingerprint density at radius 1 is 1.18 bits per heavy atom. The fraction of sp³-hybridized carbons (Fsp3) is 0.200. The van der Waals surface area contributed by atoms with Crippen LogP contribution in [0, 0.1) is 10.1 Å². The Bertz CT molecular complexity index is 513. The van der Waals surface area contributed by atoms with Gasteiger partial charge < -0.3 is 0 Å². The van der Waals surface area contributed by atoms with Gasteiger partial charge in [0.1, 0.15) is 5.02 Å².